The quantitative estimate of drug-likeness (QED) is 0.844. The van der Waals surface area contributed by atoms with Crippen molar-refractivity contribution in [3.63, 3.8) is 0 Å². The molecule has 2 heterocycles. The van der Waals surface area contributed by atoms with E-state index in [1.807, 2.05) is 11.8 Å². The van der Waals surface area contributed by atoms with Gasteiger partial charge in [-0.25, -0.2) is 4.90 Å². The molecule has 6 nitrogen and oxygen atoms in total. The van der Waals surface area contributed by atoms with Crippen molar-refractivity contribution in [2.24, 2.45) is 5.92 Å². The van der Waals surface area contributed by atoms with Crippen LogP contribution in [0.2, 0.25) is 5.02 Å². The molecule has 0 bridgehead atoms. The van der Waals surface area contributed by atoms with Crippen LogP contribution in [0.5, 0.6) is 0 Å². The summed E-state index contributed by atoms with van der Waals surface area (Å²) in [5.41, 5.74) is 1.37. The topological polar surface area (TPSA) is 77.9 Å². The third kappa shape index (κ3) is 3.03. The van der Waals surface area contributed by atoms with Crippen LogP contribution >= 0.6 is 11.6 Å². The van der Waals surface area contributed by atoms with Crippen molar-refractivity contribution in [3.8, 4) is 0 Å². The molecule has 0 aliphatic carbocycles. The largest absolute Gasteiger partial charge is 0.481 e. The van der Waals surface area contributed by atoms with Gasteiger partial charge in [0, 0.05) is 5.02 Å². The van der Waals surface area contributed by atoms with E-state index in [2.05, 4.69) is 0 Å². The van der Waals surface area contributed by atoms with Gasteiger partial charge in [0.2, 0.25) is 5.91 Å². The Labute approximate surface area is 145 Å². The Kier molecular flexibility index (Phi) is 4.60. The summed E-state index contributed by atoms with van der Waals surface area (Å²) < 4.78 is 0. The lowest BCUT2D eigenvalue weighted by Crippen LogP contribution is -2.46. The molecule has 2 aliphatic rings. The number of halogens is 1. The summed E-state index contributed by atoms with van der Waals surface area (Å²) in [4.78, 5) is 39.2. The summed E-state index contributed by atoms with van der Waals surface area (Å²) >= 11 is 6.10. The number of anilines is 1. The molecule has 0 radical (unpaired) electrons. The second-order valence-corrected chi connectivity index (χ2v) is 6.78. The lowest BCUT2D eigenvalue weighted by molar-refractivity contribution is -0.143. The van der Waals surface area contributed by atoms with Gasteiger partial charge in [0.15, 0.2) is 0 Å². The molecule has 0 aromatic heterocycles. The first-order chi connectivity index (χ1) is 11.4. The number of carboxylic acid groups (broad SMARTS) is 1. The molecule has 0 spiro atoms. The van der Waals surface area contributed by atoms with Crippen LogP contribution in [0.25, 0.3) is 0 Å². The maximum Gasteiger partial charge on any atom is 0.306 e. The minimum absolute atomic E-state index is 0.127. The van der Waals surface area contributed by atoms with Crippen LogP contribution < -0.4 is 4.90 Å². The van der Waals surface area contributed by atoms with Crippen molar-refractivity contribution in [2.45, 2.75) is 32.2 Å². The van der Waals surface area contributed by atoms with Crippen LogP contribution in [0.4, 0.5) is 5.69 Å². The number of nitrogens with zero attached hydrogens (tertiary/aromatic N) is 2. The molecule has 2 amide bonds. The maximum atomic E-state index is 12.7. The smallest absolute Gasteiger partial charge is 0.306 e. The van der Waals surface area contributed by atoms with Crippen molar-refractivity contribution < 1.29 is 19.5 Å². The zero-order valence-corrected chi connectivity index (χ0v) is 14.1. The van der Waals surface area contributed by atoms with E-state index in [0.29, 0.717) is 36.6 Å². The molecule has 1 aromatic carbocycles. The average molecular weight is 351 g/mol. The van der Waals surface area contributed by atoms with Gasteiger partial charge in [-0.05, 0) is 50.6 Å². The van der Waals surface area contributed by atoms with E-state index < -0.39 is 12.0 Å². The third-order valence-corrected chi connectivity index (χ3v) is 5.26. The number of likely N-dealkylation sites (tertiary alicyclic amines) is 1. The van der Waals surface area contributed by atoms with Gasteiger partial charge in [0.1, 0.15) is 0 Å². The molecule has 0 unspecified atom stereocenters. The number of benzene rings is 1. The molecule has 1 aromatic rings. The number of rotatable bonds is 3. The molecule has 128 valence electrons. The summed E-state index contributed by atoms with van der Waals surface area (Å²) in [6.07, 6.45) is 1.13. The van der Waals surface area contributed by atoms with Crippen molar-refractivity contribution in [1.82, 2.24) is 4.90 Å². The summed E-state index contributed by atoms with van der Waals surface area (Å²) in [7, 11) is 0. The van der Waals surface area contributed by atoms with E-state index in [4.69, 9.17) is 16.7 Å². The average Bonchev–Trinajstić information content (AvgIpc) is 2.85. The van der Waals surface area contributed by atoms with Crippen LogP contribution in [0.15, 0.2) is 18.2 Å². The Balaban J connectivity index is 1.75. The first kappa shape index (κ1) is 16.9. The molecule has 2 aliphatic heterocycles. The van der Waals surface area contributed by atoms with E-state index in [9.17, 15) is 14.4 Å². The molecular formula is C17H19ClN2O4. The number of imide groups is 1. The SMILES string of the molecule is Cc1ccc(N2C(=O)C[C@@H](N3CCC(C(=O)O)CC3)C2=O)cc1Cl. The number of hydrogen-bond acceptors (Lipinski definition) is 4. The monoisotopic (exact) mass is 350 g/mol. The van der Waals surface area contributed by atoms with Crippen LogP contribution in [0.1, 0.15) is 24.8 Å². The minimum Gasteiger partial charge on any atom is -0.481 e. The Morgan fingerprint density at radius 2 is 1.92 bits per heavy atom. The van der Waals surface area contributed by atoms with E-state index in [0.717, 1.165) is 5.56 Å². The summed E-state index contributed by atoms with van der Waals surface area (Å²) in [6.45, 7) is 2.89. The van der Waals surface area contributed by atoms with Crippen LogP contribution in [-0.4, -0.2) is 46.9 Å². The molecule has 0 saturated carbocycles. The molecule has 1 N–H and O–H groups in total. The predicted molar refractivity (Wildman–Crippen MR) is 89.0 cm³/mol. The normalized spacial score (nSPS) is 23.1. The number of amides is 2. The van der Waals surface area contributed by atoms with Gasteiger partial charge in [-0.15, -0.1) is 0 Å². The minimum atomic E-state index is -0.792. The highest BCUT2D eigenvalue weighted by Crippen LogP contribution is 2.30. The molecule has 2 saturated heterocycles. The zero-order valence-electron chi connectivity index (χ0n) is 13.4. The van der Waals surface area contributed by atoms with Crippen molar-refractivity contribution in [3.05, 3.63) is 28.8 Å². The first-order valence-corrected chi connectivity index (χ1v) is 8.36. The number of piperidine rings is 1. The van der Waals surface area contributed by atoms with Crippen LogP contribution in [-0.2, 0) is 14.4 Å². The Bertz CT molecular complexity index is 698. The lowest BCUT2D eigenvalue weighted by atomic mass is 9.96. The van der Waals surface area contributed by atoms with Crippen molar-refractivity contribution in [2.75, 3.05) is 18.0 Å². The van der Waals surface area contributed by atoms with E-state index in [1.54, 1.807) is 18.2 Å². The standard InChI is InChI=1S/C17H19ClN2O4/c1-10-2-3-12(8-13(10)18)20-15(21)9-14(16(20)22)19-6-4-11(5-7-19)17(23)24/h2-3,8,11,14H,4-7,9H2,1H3,(H,23,24)/t14-/m1/s1. The molecule has 7 heteroatoms. The van der Waals surface area contributed by atoms with Gasteiger partial charge >= 0.3 is 5.97 Å². The summed E-state index contributed by atoms with van der Waals surface area (Å²) in [5, 5.41) is 9.58. The van der Waals surface area contributed by atoms with E-state index in [-0.39, 0.29) is 24.2 Å². The molecule has 24 heavy (non-hydrogen) atoms. The number of carbonyl (C=O) groups is 3. The van der Waals surface area contributed by atoms with E-state index in [1.165, 1.54) is 4.90 Å². The highest BCUT2D eigenvalue weighted by atomic mass is 35.5. The number of aliphatic carboxylic acids is 1. The zero-order chi connectivity index (χ0) is 17.4. The number of carbonyl (C=O) groups excluding carboxylic acids is 2. The Hall–Kier alpha value is -1.92. The first-order valence-electron chi connectivity index (χ1n) is 7.98. The summed E-state index contributed by atoms with van der Waals surface area (Å²) in [6, 6.07) is 4.62. The number of aryl methyl sites for hydroxylation is 1. The molecule has 2 fully saturated rings. The molecule has 3 rings (SSSR count). The van der Waals surface area contributed by atoms with Gasteiger partial charge in [-0.3, -0.25) is 19.3 Å². The van der Waals surface area contributed by atoms with E-state index >= 15 is 0 Å². The van der Waals surface area contributed by atoms with Gasteiger partial charge in [0.25, 0.3) is 5.91 Å². The predicted octanol–water partition coefficient (Wildman–Crippen LogP) is 2.08. The van der Waals surface area contributed by atoms with Crippen LogP contribution in [0, 0.1) is 12.8 Å². The maximum absolute atomic E-state index is 12.7. The second-order valence-electron chi connectivity index (χ2n) is 6.37. The van der Waals surface area contributed by atoms with Crippen molar-refractivity contribution in [1.29, 1.82) is 0 Å². The number of hydrogen-bond donors (Lipinski definition) is 1. The van der Waals surface area contributed by atoms with Crippen LogP contribution in [0.3, 0.4) is 0 Å². The lowest BCUT2D eigenvalue weighted by Gasteiger charge is -2.33. The van der Waals surface area contributed by atoms with Crippen molar-refractivity contribution >= 4 is 35.1 Å². The highest BCUT2D eigenvalue weighted by Gasteiger charge is 2.43. The second kappa shape index (κ2) is 6.53. The Morgan fingerprint density at radius 1 is 1.25 bits per heavy atom. The summed E-state index contributed by atoms with van der Waals surface area (Å²) in [5.74, 6) is -1.65. The van der Waals surface area contributed by atoms with Gasteiger partial charge < -0.3 is 5.11 Å². The van der Waals surface area contributed by atoms with Gasteiger partial charge in [-0.1, -0.05) is 17.7 Å². The number of carboxylic acids is 1. The third-order valence-electron chi connectivity index (χ3n) is 4.86. The fraction of sp³-hybridized carbons (Fsp3) is 0.471. The van der Waals surface area contributed by atoms with Gasteiger partial charge in [0.05, 0.1) is 24.1 Å². The fourth-order valence-corrected chi connectivity index (χ4v) is 3.53. The van der Waals surface area contributed by atoms with Gasteiger partial charge in [-0.2, -0.15) is 0 Å². The molecule has 1 atom stereocenters. The highest BCUT2D eigenvalue weighted by molar-refractivity contribution is 6.32. The Morgan fingerprint density at radius 3 is 2.50 bits per heavy atom. The fourth-order valence-electron chi connectivity index (χ4n) is 3.35. The molecular weight excluding hydrogens is 332 g/mol.